The van der Waals surface area contributed by atoms with Crippen molar-refractivity contribution in [2.75, 3.05) is 13.1 Å². The Hall–Kier alpha value is -3.39. The van der Waals surface area contributed by atoms with Crippen LogP contribution < -0.4 is 0 Å². The minimum absolute atomic E-state index is 0.271. The number of aliphatic carboxylic acids is 1. The van der Waals surface area contributed by atoms with E-state index in [1.54, 1.807) is 6.08 Å². The lowest BCUT2D eigenvalue weighted by atomic mass is 9.69. The van der Waals surface area contributed by atoms with E-state index in [1.165, 1.54) is 12.1 Å². The maximum atomic E-state index is 13.9. The van der Waals surface area contributed by atoms with Crippen LogP contribution in [0.4, 0.5) is 8.78 Å². The SMILES string of the molecule is O=C(O)C1CN(Cc2ccc(-c3noc(C=CC4(c5cc(F)cc(F)c5)CCCCC4)n3)cc2)C1. The first-order chi connectivity index (χ1) is 16.9. The number of carboxylic acid groups (broad SMARTS) is 1. The van der Waals surface area contributed by atoms with E-state index in [4.69, 9.17) is 9.63 Å². The Morgan fingerprint density at radius 2 is 1.77 bits per heavy atom. The number of carboxylic acids is 1. The molecule has 6 nitrogen and oxygen atoms in total. The summed E-state index contributed by atoms with van der Waals surface area (Å²) in [5.41, 5.74) is 2.07. The van der Waals surface area contributed by atoms with Crippen LogP contribution in [0.3, 0.4) is 0 Å². The van der Waals surface area contributed by atoms with Crippen molar-refractivity contribution in [2.24, 2.45) is 5.92 Å². The third kappa shape index (κ3) is 5.17. The first-order valence-electron chi connectivity index (χ1n) is 11.9. The average Bonchev–Trinajstić information content (AvgIpc) is 3.29. The van der Waals surface area contributed by atoms with Gasteiger partial charge in [-0.15, -0.1) is 0 Å². The van der Waals surface area contributed by atoms with Crippen LogP contribution in [0.1, 0.15) is 49.1 Å². The number of halogens is 2. The summed E-state index contributed by atoms with van der Waals surface area (Å²) in [7, 11) is 0. The highest BCUT2D eigenvalue weighted by atomic mass is 19.1. The van der Waals surface area contributed by atoms with E-state index in [2.05, 4.69) is 15.0 Å². The first-order valence-corrected chi connectivity index (χ1v) is 11.9. The van der Waals surface area contributed by atoms with Gasteiger partial charge in [-0.1, -0.05) is 54.8 Å². The molecule has 2 heterocycles. The fourth-order valence-corrected chi connectivity index (χ4v) is 5.10. The molecule has 0 atom stereocenters. The van der Waals surface area contributed by atoms with E-state index in [-0.39, 0.29) is 5.92 Å². The molecule has 0 unspecified atom stereocenters. The minimum atomic E-state index is -0.740. The second-order valence-electron chi connectivity index (χ2n) is 9.59. The molecule has 182 valence electrons. The van der Waals surface area contributed by atoms with Gasteiger partial charge in [-0.25, -0.2) is 8.78 Å². The lowest BCUT2D eigenvalue weighted by Crippen LogP contribution is -2.49. The molecule has 3 aromatic rings. The molecule has 2 aromatic carbocycles. The number of carbonyl (C=O) groups is 1. The second-order valence-corrected chi connectivity index (χ2v) is 9.59. The Bertz CT molecular complexity index is 1210. The fourth-order valence-electron chi connectivity index (χ4n) is 5.10. The molecule has 1 saturated carbocycles. The standard InChI is InChI=1S/C27H27F2N3O3/c28-22-12-21(13-23(29)14-22)27(9-2-1-3-10-27)11-8-24-30-25(31-35-24)19-6-4-18(5-7-19)15-32-16-20(17-32)26(33)34/h4-8,11-14,20H,1-3,9-10,15-17H2,(H,33,34). The summed E-state index contributed by atoms with van der Waals surface area (Å²) in [4.78, 5) is 17.5. The Morgan fingerprint density at radius 3 is 2.43 bits per heavy atom. The summed E-state index contributed by atoms with van der Waals surface area (Å²) in [5.74, 6) is -1.36. The fraction of sp³-hybridized carbons (Fsp3) is 0.370. The number of aromatic nitrogens is 2. The molecule has 35 heavy (non-hydrogen) atoms. The molecule has 5 rings (SSSR count). The predicted octanol–water partition coefficient (Wildman–Crippen LogP) is 5.45. The molecule has 1 aliphatic carbocycles. The van der Waals surface area contributed by atoms with Crippen molar-refractivity contribution in [3.05, 3.63) is 77.2 Å². The molecule has 1 aromatic heterocycles. The highest BCUT2D eigenvalue weighted by molar-refractivity contribution is 5.71. The van der Waals surface area contributed by atoms with E-state index < -0.39 is 23.0 Å². The summed E-state index contributed by atoms with van der Waals surface area (Å²) >= 11 is 0. The van der Waals surface area contributed by atoms with Crippen LogP contribution in [0.5, 0.6) is 0 Å². The molecule has 2 aliphatic rings. The van der Waals surface area contributed by atoms with Crippen molar-refractivity contribution < 1.29 is 23.2 Å². The van der Waals surface area contributed by atoms with Crippen LogP contribution >= 0.6 is 0 Å². The molecule has 1 N–H and O–H groups in total. The molecule has 1 saturated heterocycles. The van der Waals surface area contributed by atoms with E-state index in [1.807, 2.05) is 30.3 Å². The summed E-state index contributed by atoms with van der Waals surface area (Å²) < 4.78 is 33.3. The Balaban J connectivity index is 1.29. The van der Waals surface area contributed by atoms with Gasteiger partial charge >= 0.3 is 5.97 Å². The van der Waals surface area contributed by atoms with Crippen LogP contribution in [0.15, 0.2) is 53.1 Å². The van der Waals surface area contributed by atoms with Gasteiger partial charge in [0.2, 0.25) is 5.82 Å². The summed E-state index contributed by atoms with van der Waals surface area (Å²) in [5, 5.41) is 13.1. The molecule has 0 bridgehead atoms. The van der Waals surface area contributed by atoms with Crippen LogP contribution in [0.2, 0.25) is 0 Å². The van der Waals surface area contributed by atoms with E-state index in [0.29, 0.717) is 36.9 Å². The molecular weight excluding hydrogens is 452 g/mol. The number of hydrogen-bond donors (Lipinski definition) is 1. The quantitative estimate of drug-likeness (QED) is 0.486. The van der Waals surface area contributed by atoms with Crippen LogP contribution in [-0.4, -0.2) is 39.2 Å². The molecular formula is C27H27F2N3O3. The largest absolute Gasteiger partial charge is 0.481 e. The molecule has 0 radical (unpaired) electrons. The minimum Gasteiger partial charge on any atom is -0.481 e. The van der Waals surface area contributed by atoms with Crippen LogP contribution in [0, 0.1) is 17.6 Å². The average molecular weight is 480 g/mol. The van der Waals surface area contributed by atoms with Gasteiger partial charge in [0.1, 0.15) is 11.6 Å². The van der Waals surface area contributed by atoms with E-state index in [9.17, 15) is 13.6 Å². The number of benzene rings is 2. The molecule has 0 spiro atoms. The van der Waals surface area contributed by atoms with Gasteiger partial charge in [-0.3, -0.25) is 9.69 Å². The summed E-state index contributed by atoms with van der Waals surface area (Å²) in [6, 6.07) is 11.5. The van der Waals surface area contributed by atoms with Gasteiger partial charge in [-0.05, 0) is 36.1 Å². The molecule has 0 amide bonds. The van der Waals surface area contributed by atoms with Crippen LogP contribution in [0.25, 0.3) is 17.5 Å². The normalized spacial score (nSPS) is 18.6. The van der Waals surface area contributed by atoms with Crippen molar-refractivity contribution in [3.8, 4) is 11.4 Å². The second kappa shape index (κ2) is 9.70. The molecule has 2 fully saturated rings. The van der Waals surface area contributed by atoms with E-state index >= 15 is 0 Å². The van der Waals surface area contributed by atoms with Gasteiger partial charge < -0.3 is 9.63 Å². The number of hydrogen-bond acceptors (Lipinski definition) is 5. The zero-order valence-electron chi connectivity index (χ0n) is 19.3. The smallest absolute Gasteiger partial charge is 0.309 e. The Kier molecular flexibility index (Phi) is 6.47. The van der Waals surface area contributed by atoms with Gasteiger partial charge in [0.05, 0.1) is 5.92 Å². The Labute approximate surface area is 202 Å². The predicted molar refractivity (Wildman–Crippen MR) is 126 cm³/mol. The summed E-state index contributed by atoms with van der Waals surface area (Å²) in [6.07, 6.45) is 8.39. The lowest BCUT2D eigenvalue weighted by Gasteiger charge is -2.36. The zero-order chi connectivity index (χ0) is 24.4. The van der Waals surface area contributed by atoms with Crippen molar-refractivity contribution in [3.63, 3.8) is 0 Å². The van der Waals surface area contributed by atoms with Crippen molar-refractivity contribution in [1.29, 1.82) is 0 Å². The van der Waals surface area contributed by atoms with Gasteiger partial charge in [-0.2, -0.15) is 4.98 Å². The monoisotopic (exact) mass is 479 g/mol. The highest BCUT2D eigenvalue weighted by Gasteiger charge is 2.33. The van der Waals surface area contributed by atoms with Gasteiger partial charge in [0.15, 0.2) is 0 Å². The van der Waals surface area contributed by atoms with Crippen molar-refractivity contribution in [1.82, 2.24) is 15.0 Å². The number of nitrogens with zero attached hydrogens (tertiary/aromatic N) is 3. The number of rotatable bonds is 7. The third-order valence-corrected chi connectivity index (χ3v) is 7.09. The Morgan fingerprint density at radius 1 is 1.09 bits per heavy atom. The zero-order valence-corrected chi connectivity index (χ0v) is 19.3. The van der Waals surface area contributed by atoms with Gasteiger partial charge in [0, 0.05) is 42.8 Å². The van der Waals surface area contributed by atoms with Gasteiger partial charge in [0.25, 0.3) is 5.89 Å². The molecule has 8 heteroatoms. The highest BCUT2D eigenvalue weighted by Crippen LogP contribution is 2.41. The summed E-state index contributed by atoms with van der Waals surface area (Å²) in [6.45, 7) is 1.84. The third-order valence-electron chi connectivity index (χ3n) is 7.09. The lowest BCUT2D eigenvalue weighted by molar-refractivity contribution is -0.147. The van der Waals surface area contributed by atoms with Crippen LogP contribution in [-0.2, 0) is 16.8 Å². The van der Waals surface area contributed by atoms with Crippen molar-refractivity contribution >= 4 is 12.0 Å². The number of likely N-dealkylation sites (tertiary alicyclic amines) is 1. The van der Waals surface area contributed by atoms with Crippen molar-refractivity contribution in [2.45, 2.75) is 44.1 Å². The van der Waals surface area contributed by atoms with E-state index in [0.717, 1.165) is 49.3 Å². The maximum Gasteiger partial charge on any atom is 0.309 e. The molecule has 1 aliphatic heterocycles. The number of allylic oxidation sites excluding steroid dienone is 1. The first kappa shape index (κ1) is 23.4. The topological polar surface area (TPSA) is 79.5 Å². The maximum absolute atomic E-state index is 13.9.